The van der Waals surface area contributed by atoms with Crippen LogP contribution in [0.15, 0.2) is 84.4 Å². The zero-order valence-electron chi connectivity index (χ0n) is 21.1. The molecular weight excluding hydrogens is 524 g/mol. The quantitative estimate of drug-likeness (QED) is 0.254. The number of methoxy groups -OCH3 is 1. The number of esters is 1. The van der Waals surface area contributed by atoms with Crippen molar-refractivity contribution in [3.05, 3.63) is 96.6 Å². The zero-order valence-corrected chi connectivity index (χ0v) is 22.8. The predicted molar refractivity (Wildman–Crippen MR) is 143 cm³/mol. The van der Waals surface area contributed by atoms with Crippen molar-refractivity contribution in [2.24, 2.45) is 4.99 Å². The normalized spacial score (nSPS) is 15.3. The van der Waals surface area contributed by atoms with E-state index in [9.17, 15) is 9.59 Å². The van der Waals surface area contributed by atoms with Crippen molar-refractivity contribution in [3.63, 3.8) is 0 Å². The Balaban J connectivity index is 1.59. The highest BCUT2D eigenvalue weighted by molar-refractivity contribution is 7.99. The highest BCUT2D eigenvalue weighted by atomic mass is 32.2. The Bertz CT molecular complexity index is 1730. The van der Waals surface area contributed by atoms with E-state index in [0.717, 1.165) is 5.69 Å². The summed E-state index contributed by atoms with van der Waals surface area (Å²) in [4.78, 5) is 40.5. The molecule has 0 radical (unpaired) electrons. The van der Waals surface area contributed by atoms with Crippen molar-refractivity contribution in [2.45, 2.75) is 37.1 Å². The van der Waals surface area contributed by atoms with Gasteiger partial charge in [-0.1, -0.05) is 23.5 Å². The van der Waals surface area contributed by atoms with Crippen LogP contribution in [0, 0.1) is 6.92 Å². The standard InChI is InChI=1S/C27H24N4O5S2/c1-5-35-25(33)22-16(3)30-27-31(23(22)17-7-6-8-18(13-17)34-4)24(32)20(37-27)14-19-9-10-21(36-19)38-26-28-12-11-15(2)29-26/h6-14,23H,5H2,1-4H3/b20-14+/t23-/m0/s1. The second-order valence-electron chi connectivity index (χ2n) is 8.32. The van der Waals surface area contributed by atoms with Crippen LogP contribution in [0.25, 0.3) is 6.08 Å². The van der Waals surface area contributed by atoms with Gasteiger partial charge in [-0.25, -0.2) is 19.8 Å². The summed E-state index contributed by atoms with van der Waals surface area (Å²) in [5, 5.41) is 1.18. The van der Waals surface area contributed by atoms with Gasteiger partial charge in [0.15, 0.2) is 15.1 Å². The maximum atomic E-state index is 13.7. The Morgan fingerprint density at radius 2 is 2.08 bits per heavy atom. The van der Waals surface area contributed by atoms with Crippen LogP contribution in [0.1, 0.15) is 36.9 Å². The van der Waals surface area contributed by atoms with E-state index < -0.39 is 12.0 Å². The van der Waals surface area contributed by atoms with Crippen molar-refractivity contribution in [1.82, 2.24) is 14.5 Å². The maximum absolute atomic E-state index is 13.7. The van der Waals surface area contributed by atoms with Crippen LogP contribution in [0.4, 0.5) is 0 Å². The van der Waals surface area contributed by atoms with E-state index in [0.29, 0.717) is 47.9 Å². The van der Waals surface area contributed by atoms with E-state index in [1.807, 2.05) is 37.3 Å². The van der Waals surface area contributed by atoms with Gasteiger partial charge in [-0.05, 0) is 68.4 Å². The number of carbonyl (C=O) groups excluding carboxylic acids is 1. The molecule has 0 N–H and O–H groups in total. The van der Waals surface area contributed by atoms with Crippen LogP contribution >= 0.6 is 23.1 Å². The van der Waals surface area contributed by atoms with Gasteiger partial charge < -0.3 is 13.9 Å². The third kappa shape index (κ3) is 5.07. The number of ether oxygens (including phenoxy) is 2. The summed E-state index contributed by atoms with van der Waals surface area (Å²) in [6, 6.07) is 12.0. The zero-order chi connectivity index (χ0) is 26.8. The summed E-state index contributed by atoms with van der Waals surface area (Å²) >= 11 is 2.53. The molecule has 3 aromatic heterocycles. The second-order valence-corrected chi connectivity index (χ2v) is 10.3. The van der Waals surface area contributed by atoms with Gasteiger partial charge in [0.25, 0.3) is 5.56 Å². The third-order valence-electron chi connectivity index (χ3n) is 5.77. The van der Waals surface area contributed by atoms with Gasteiger partial charge in [0, 0.05) is 18.0 Å². The highest BCUT2D eigenvalue weighted by Gasteiger charge is 2.33. The van der Waals surface area contributed by atoms with E-state index in [1.165, 1.54) is 27.7 Å². The predicted octanol–water partition coefficient (Wildman–Crippen LogP) is 3.65. The molecule has 9 nitrogen and oxygen atoms in total. The smallest absolute Gasteiger partial charge is 0.338 e. The Kier molecular flexibility index (Phi) is 7.30. The van der Waals surface area contributed by atoms with E-state index in [-0.39, 0.29) is 12.2 Å². The van der Waals surface area contributed by atoms with Gasteiger partial charge in [-0.15, -0.1) is 0 Å². The van der Waals surface area contributed by atoms with Crippen molar-refractivity contribution in [3.8, 4) is 5.75 Å². The first kappa shape index (κ1) is 25.7. The number of hydrogen-bond acceptors (Lipinski definition) is 10. The van der Waals surface area contributed by atoms with Crippen LogP contribution in [0.2, 0.25) is 0 Å². The molecule has 0 bridgehead atoms. The highest BCUT2D eigenvalue weighted by Crippen LogP contribution is 2.32. The first-order valence-corrected chi connectivity index (χ1v) is 13.4. The molecule has 0 saturated carbocycles. The summed E-state index contributed by atoms with van der Waals surface area (Å²) in [5.74, 6) is 0.604. The minimum absolute atomic E-state index is 0.206. The number of thiazole rings is 1. The molecule has 0 spiro atoms. The van der Waals surface area contributed by atoms with Crippen molar-refractivity contribution in [1.29, 1.82) is 0 Å². The number of rotatable bonds is 7. The fourth-order valence-electron chi connectivity index (χ4n) is 4.08. The van der Waals surface area contributed by atoms with E-state index in [2.05, 4.69) is 15.0 Å². The summed E-state index contributed by atoms with van der Waals surface area (Å²) in [6.07, 6.45) is 3.37. The Labute approximate surface area is 226 Å². The largest absolute Gasteiger partial charge is 0.497 e. The average Bonchev–Trinajstić information content (AvgIpc) is 3.46. The minimum Gasteiger partial charge on any atom is -0.497 e. The topological polar surface area (TPSA) is 109 Å². The summed E-state index contributed by atoms with van der Waals surface area (Å²) in [6.45, 7) is 5.59. The molecule has 38 heavy (non-hydrogen) atoms. The molecule has 0 fully saturated rings. The lowest BCUT2D eigenvalue weighted by molar-refractivity contribution is -0.139. The second kappa shape index (κ2) is 10.8. The van der Waals surface area contributed by atoms with E-state index >= 15 is 0 Å². The van der Waals surface area contributed by atoms with Gasteiger partial charge in [0.1, 0.15) is 11.5 Å². The summed E-state index contributed by atoms with van der Waals surface area (Å²) in [5.41, 5.74) is 2.10. The summed E-state index contributed by atoms with van der Waals surface area (Å²) < 4.78 is 18.6. The Hall–Kier alpha value is -3.96. The number of aryl methyl sites for hydroxylation is 1. The first-order valence-electron chi connectivity index (χ1n) is 11.8. The van der Waals surface area contributed by atoms with Crippen LogP contribution in [0.3, 0.4) is 0 Å². The number of allylic oxidation sites excluding steroid dienone is 1. The lowest BCUT2D eigenvalue weighted by Crippen LogP contribution is -2.39. The maximum Gasteiger partial charge on any atom is 0.338 e. The molecule has 11 heteroatoms. The fraction of sp³-hybridized carbons (Fsp3) is 0.222. The molecule has 1 aliphatic heterocycles. The molecule has 194 valence electrons. The monoisotopic (exact) mass is 548 g/mol. The molecule has 0 aliphatic carbocycles. The molecule has 0 amide bonds. The molecule has 5 rings (SSSR count). The van der Waals surface area contributed by atoms with Gasteiger partial charge in [-0.3, -0.25) is 9.36 Å². The van der Waals surface area contributed by atoms with Crippen LogP contribution in [-0.4, -0.2) is 34.2 Å². The Morgan fingerprint density at radius 3 is 2.84 bits per heavy atom. The van der Waals surface area contributed by atoms with E-state index in [4.69, 9.17) is 13.9 Å². The van der Waals surface area contributed by atoms with Crippen LogP contribution in [-0.2, 0) is 9.53 Å². The number of hydrogen-bond donors (Lipinski definition) is 0. The fourth-order valence-corrected chi connectivity index (χ4v) is 5.86. The van der Waals surface area contributed by atoms with Gasteiger partial charge >= 0.3 is 5.97 Å². The molecular formula is C27H24N4O5S2. The lowest BCUT2D eigenvalue weighted by atomic mass is 9.95. The van der Waals surface area contributed by atoms with Gasteiger partial charge in [-0.2, -0.15) is 0 Å². The molecule has 4 heterocycles. The number of furan rings is 1. The van der Waals surface area contributed by atoms with E-state index in [1.54, 1.807) is 45.4 Å². The molecule has 0 unspecified atom stereocenters. The minimum atomic E-state index is -0.719. The molecule has 4 aromatic rings. The number of nitrogens with zero attached hydrogens (tertiary/aromatic N) is 4. The number of benzene rings is 1. The number of fused-ring (bicyclic) bond motifs is 1. The Morgan fingerprint density at radius 1 is 1.24 bits per heavy atom. The van der Waals surface area contributed by atoms with Crippen LogP contribution < -0.4 is 19.6 Å². The van der Waals surface area contributed by atoms with Crippen LogP contribution in [0.5, 0.6) is 5.75 Å². The number of carbonyl (C=O) groups is 1. The van der Waals surface area contributed by atoms with Gasteiger partial charge in [0.05, 0.1) is 35.6 Å². The van der Waals surface area contributed by atoms with Crippen molar-refractivity contribution >= 4 is 35.1 Å². The van der Waals surface area contributed by atoms with Crippen molar-refractivity contribution in [2.75, 3.05) is 13.7 Å². The van der Waals surface area contributed by atoms with Gasteiger partial charge in [0.2, 0.25) is 0 Å². The van der Waals surface area contributed by atoms with Crippen molar-refractivity contribution < 1.29 is 18.7 Å². The summed E-state index contributed by atoms with van der Waals surface area (Å²) in [7, 11) is 1.57. The number of aromatic nitrogens is 3. The molecule has 1 atom stereocenters. The average molecular weight is 549 g/mol. The first-order chi connectivity index (χ1) is 18.4. The molecule has 0 saturated heterocycles. The molecule has 1 aromatic carbocycles. The molecule has 1 aliphatic rings. The third-order valence-corrected chi connectivity index (χ3v) is 7.55. The SMILES string of the molecule is CCOC(=O)C1=C(C)N=c2s/c(=C/c3ccc(Sc4nccc(C)n4)o3)c(=O)n2[C@H]1c1cccc(OC)c1. The lowest BCUT2D eigenvalue weighted by Gasteiger charge is -2.24.